The predicted molar refractivity (Wildman–Crippen MR) is 130 cm³/mol. The second-order valence-electron chi connectivity index (χ2n) is 8.44. The van der Waals surface area contributed by atoms with Crippen LogP contribution in [0.5, 0.6) is 5.75 Å². The number of furan rings is 1. The van der Waals surface area contributed by atoms with Gasteiger partial charge >= 0.3 is 0 Å². The van der Waals surface area contributed by atoms with E-state index in [0.29, 0.717) is 12.1 Å². The highest BCUT2D eigenvalue weighted by Crippen LogP contribution is 2.26. The quantitative estimate of drug-likeness (QED) is 0.491. The third-order valence-corrected chi connectivity index (χ3v) is 7.87. The van der Waals surface area contributed by atoms with Crippen molar-refractivity contribution in [1.29, 1.82) is 0 Å². The van der Waals surface area contributed by atoms with Gasteiger partial charge in [0.05, 0.1) is 30.1 Å². The molecule has 1 aliphatic rings. The van der Waals surface area contributed by atoms with E-state index in [1.165, 1.54) is 12.7 Å². The Hall–Kier alpha value is -3.10. The molecule has 0 radical (unpaired) electrons. The van der Waals surface area contributed by atoms with Crippen molar-refractivity contribution >= 4 is 15.7 Å². The summed E-state index contributed by atoms with van der Waals surface area (Å²) in [5.74, 6) is 0.0973. The van der Waals surface area contributed by atoms with E-state index in [2.05, 4.69) is 10.2 Å². The lowest BCUT2D eigenvalue weighted by Crippen LogP contribution is -2.40. The second-order valence-corrected chi connectivity index (χ2v) is 10.4. The smallest absolute Gasteiger partial charge is 0.287 e. The lowest BCUT2D eigenvalue weighted by Gasteiger charge is -2.35. The van der Waals surface area contributed by atoms with Gasteiger partial charge in [0.15, 0.2) is 15.6 Å². The molecule has 1 unspecified atom stereocenters. The molecule has 2 heterocycles. The molecule has 180 valence electrons. The third-order valence-electron chi connectivity index (χ3n) is 6.19. The maximum absolute atomic E-state index is 13.0. The zero-order chi connectivity index (χ0) is 24.0. The molecule has 0 bridgehead atoms. The number of hydrogen-bond donors (Lipinski definition) is 1. The van der Waals surface area contributed by atoms with Gasteiger partial charge in [0.2, 0.25) is 0 Å². The fourth-order valence-electron chi connectivity index (χ4n) is 4.35. The topological polar surface area (TPSA) is 88.8 Å². The zero-order valence-corrected chi connectivity index (χ0v) is 20.1. The summed E-state index contributed by atoms with van der Waals surface area (Å²) in [4.78, 5) is 15.6. The first-order chi connectivity index (χ1) is 16.5. The van der Waals surface area contributed by atoms with Gasteiger partial charge in [-0.3, -0.25) is 9.69 Å². The van der Waals surface area contributed by atoms with E-state index in [1.54, 1.807) is 43.5 Å². The van der Waals surface area contributed by atoms with Crippen molar-refractivity contribution < 1.29 is 22.4 Å². The molecule has 0 saturated carbocycles. The number of likely N-dealkylation sites (tertiary alicyclic amines) is 1. The summed E-state index contributed by atoms with van der Waals surface area (Å²) in [7, 11) is -1.96. The molecule has 4 rings (SSSR count). The summed E-state index contributed by atoms with van der Waals surface area (Å²) in [5, 5.41) is 2.98. The van der Waals surface area contributed by atoms with Crippen LogP contribution >= 0.6 is 0 Å². The van der Waals surface area contributed by atoms with Crippen LogP contribution in [0.2, 0.25) is 0 Å². The number of carbonyl (C=O) groups is 1. The maximum Gasteiger partial charge on any atom is 0.287 e. The molecule has 1 saturated heterocycles. The number of amides is 1. The summed E-state index contributed by atoms with van der Waals surface area (Å²) in [6.07, 6.45) is 4.82. The largest absolute Gasteiger partial charge is 0.497 e. The summed E-state index contributed by atoms with van der Waals surface area (Å²) >= 11 is 0. The van der Waals surface area contributed by atoms with Crippen molar-refractivity contribution in [3.8, 4) is 5.75 Å². The maximum atomic E-state index is 13.0. The molecule has 1 aromatic heterocycles. The van der Waals surface area contributed by atoms with Gasteiger partial charge in [0, 0.05) is 12.1 Å². The number of methoxy groups -OCH3 is 1. The Morgan fingerprint density at radius 1 is 1.03 bits per heavy atom. The lowest BCUT2D eigenvalue weighted by molar-refractivity contribution is 0.0896. The minimum absolute atomic E-state index is 0.00150. The molecule has 1 N–H and O–H groups in total. The number of carbonyl (C=O) groups excluding carboxylic acids is 1. The molecule has 1 fully saturated rings. The summed E-state index contributed by atoms with van der Waals surface area (Å²) in [5.41, 5.74) is 1.44. The van der Waals surface area contributed by atoms with Crippen molar-refractivity contribution in [1.82, 2.24) is 10.2 Å². The molecule has 2 aromatic carbocycles. The Balaban J connectivity index is 1.48. The Morgan fingerprint density at radius 3 is 2.41 bits per heavy atom. The highest BCUT2D eigenvalue weighted by molar-refractivity contribution is 7.90. The van der Waals surface area contributed by atoms with Crippen LogP contribution in [0.1, 0.15) is 47.0 Å². The van der Waals surface area contributed by atoms with Crippen LogP contribution in [0.3, 0.4) is 0 Å². The van der Waals surface area contributed by atoms with Crippen molar-refractivity contribution in [2.75, 3.05) is 26.7 Å². The summed E-state index contributed by atoms with van der Waals surface area (Å²) in [6.45, 7) is 2.32. The van der Waals surface area contributed by atoms with E-state index in [4.69, 9.17) is 9.15 Å². The Bertz CT molecular complexity index is 1180. The van der Waals surface area contributed by atoms with E-state index < -0.39 is 15.7 Å². The number of nitrogens with one attached hydrogen (secondary N) is 1. The van der Waals surface area contributed by atoms with Crippen LogP contribution in [-0.4, -0.2) is 46.0 Å². The molecule has 0 spiro atoms. The Labute approximate surface area is 200 Å². The average Bonchev–Trinajstić information content (AvgIpc) is 3.33. The standard InChI is InChI=1S/C26H30N2O5S/c1-32-22-12-10-20(11-13-22)24(28-15-6-3-7-16-28)18-27-26(29)25-21(14-17-33-25)19-34(30,31)23-8-4-2-5-9-23/h2,4-5,8-14,17,24H,3,6-7,15-16,18-19H2,1H3,(H,27,29). The van der Waals surface area contributed by atoms with Gasteiger partial charge in [-0.1, -0.05) is 36.8 Å². The molecule has 1 aliphatic heterocycles. The monoisotopic (exact) mass is 482 g/mol. The molecular weight excluding hydrogens is 452 g/mol. The molecule has 1 atom stereocenters. The van der Waals surface area contributed by atoms with Gasteiger partial charge < -0.3 is 14.5 Å². The predicted octanol–water partition coefficient (Wildman–Crippen LogP) is 4.22. The van der Waals surface area contributed by atoms with Crippen molar-refractivity contribution in [2.24, 2.45) is 0 Å². The SMILES string of the molecule is COc1ccc(C(CNC(=O)c2occc2CS(=O)(=O)c2ccccc2)N2CCCCC2)cc1. The Morgan fingerprint density at radius 2 is 1.74 bits per heavy atom. The number of ether oxygens (including phenoxy) is 1. The fraction of sp³-hybridized carbons (Fsp3) is 0.346. The Kier molecular flexibility index (Phi) is 7.70. The van der Waals surface area contributed by atoms with E-state index in [1.807, 2.05) is 24.3 Å². The van der Waals surface area contributed by atoms with Crippen LogP contribution in [0, 0.1) is 0 Å². The van der Waals surface area contributed by atoms with E-state index in [0.717, 1.165) is 37.2 Å². The van der Waals surface area contributed by atoms with Crippen molar-refractivity contribution in [3.63, 3.8) is 0 Å². The van der Waals surface area contributed by atoms with E-state index in [9.17, 15) is 13.2 Å². The number of benzene rings is 2. The van der Waals surface area contributed by atoms with Gasteiger partial charge in [-0.15, -0.1) is 0 Å². The first-order valence-corrected chi connectivity index (χ1v) is 13.1. The fourth-order valence-corrected chi connectivity index (χ4v) is 5.72. The van der Waals surface area contributed by atoms with Crippen molar-refractivity contribution in [3.05, 3.63) is 83.8 Å². The molecule has 8 heteroatoms. The number of piperidine rings is 1. The van der Waals surface area contributed by atoms with Gasteiger partial charge in [0.25, 0.3) is 5.91 Å². The minimum atomic E-state index is -3.60. The average molecular weight is 483 g/mol. The van der Waals surface area contributed by atoms with Crippen molar-refractivity contribution in [2.45, 2.75) is 36.0 Å². The van der Waals surface area contributed by atoms with Gasteiger partial charge in [-0.05, 0) is 61.8 Å². The normalized spacial score (nSPS) is 15.6. The summed E-state index contributed by atoms with van der Waals surface area (Å²) in [6, 6.07) is 17.6. The zero-order valence-electron chi connectivity index (χ0n) is 19.3. The molecule has 0 aliphatic carbocycles. The second kappa shape index (κ2) is 10.9. The minimum Gasteiger partial charge on any atom is -0.497 e. The van der Waals surface area contributed by atoms with E-state index in [-0.39, 0.29) is 22.5 Å². The van der Waals surface area contributed by atoms with Crippen LogP contribution in [0.15, 0.2) is 76.2 Å². The highest BCUT2D eigenvalue weighted by atomic mass is 32.2. The highest BCUT2D eigenvalue weighted by Gasteiger charge is 2.26. The molecule has 7 nitrogen and oxygen atoms in total. The molecule has 3 aromatic rings. The lowest BCUT2D eigenvalue weighted by atomic mass is 10.0. The number of nitrogens with zero attached hydrogens (tertiary/aromatic N) is 1. The molecule has 34 heavy (non-hydrogen) atoms. The van der Waals surface area contributed by atoms with Gasteiger partial charge in [-0.25, -0.2) is 8.42 Å². The number of sulfone groups is 1. The van der Waals surface area contributed by atoms with Crippen LogP contribution < -0.4 is 10.1 Å². The van der Waals surface area contributed by atoms with Crippen LogP contribution in [0.4, 0.5) is 0 Å². The number of rotatable bonds is 9. The number of hydrogen-bond acceptors (Lipinski definition) is 6. The van der Waals surface area contributed by atoms with Gasteiger partial charge in [0.1, 0.15) is 5.75 Å². The van der Waals surface area contributed by atoms with E-state index >= 15 is 0 Å². The molecule has 1 amide bonds. The van der Waals surface area contributed by atoms with Crippen LogP contribution in [-0.2, 0) is 15.6 Å². The first-order valence-electron chi connectivity index (χ1n) is 11.5. The van der Waals surface area contributed by atoms with Gasteiger partial charge in [-0.2, -0.15) is 0 Å². The summed E-state index contributed by atoms with van der Waals surface area (Å²) < 4.78 is 36.3. The molecular formula is C26H30N2O5S. The first kappa shape index (κ1) is 24.0. The third kappa shape index (κ3) is 5.69. The van der Waals surface area contributed by atoms with Crippen LogP contribution in [0.25, 0.3) is 0 Å².